The second-order valence-corrected chi connectivity index (χ2v) is 5.02. The van der Waals surface area contributed by atoms with Crippen LogP contribution in [-0.4, -0.2) is 29.7 Å². The number of carboxylic acid groups (broad SMARTS) is 1. The Morgan fingerprint density at radius 2 is 2.25 bits per heavy atom. The summed E-state index contributed by atoms with van der Waals surface area (Å²) in [6, 6.07) is 5.06. The van der Waals surface area contributed by atoms with Crippen LogP contribution < -0.4 is 5.32 Å². The number of carbonyl (C=O) groups is 2. The zero-order chi connectivity index (χ0) is 14.5. The number of hydrogen-bond donors (Lipinski definition) is 2. The number of anilines is 1. The number of carbonyl (C=O) groups excluding carboxylic acids is 1. The van der Waals surface area contributed by atoms with Crippen LogP contribution in [0.3, 0.4) is 0 Å². The zero-order valence-electron chi connectivity index (χ0n) is 11.5. The molecule has 1 aliphatic heterocycles. The lowest BCUT2D eigenvalue weighted by Gasteiger charge is -2.12. The SMILES string of the molecule is Cc1cccc(NC(=O)CCC2CCCO2)c1C(=O)O. The van der Waals surface area contributed by atoms with Crippen LogP contribution in [0.5, 0.6) is 0 Å². The van der Waals surface area contributed by atoms with E-state index in [0.29, 0.717) is 24.1 Å². The van der Waals surface area contributed by atoms with Gasteiger partial charge in [-0.1, -0.05) is 12.1 Å². The van der Waals surface area contributed by atoms with E-state index in [0.717, 1.165) is 19.4 Å². The Hall–Kier alpha value is -1.88. The van der Waals surface area contributed by atoms with E-state index in [1.54, 1.807) is 25.1 Å². The summed E-state index contributed by atoms with van der Waals surface area (Å²) >= 11 is 0. The van der Waals surface area contributed by atoms with E-state index in [9.17, 15) is 14.7 Å². The molecule has 2 N–H and O–H groups in total. The summed E-state index contributed by atoms with van der Waals surface area (Å²) in [5.41, 5.74) is 1.14. The van der Waals surface area contributed by atoms with Crippen LogP contribution in [0.2, 0.25) is 0 Å². The molecule has 0 bridgehead atoms. The minimum atomic E-state index is -1.03. The smallest absolute Gasteiger partial charge is 0.338 e. The molecule has 0 radical (unpaired) electrons. The summed E-state index contributed by atoms with van der Waals surface area (Å²) in [4.78, 5) is 23.1. The van der Waals surface area contributed by atoms with Crippen LogP contribution in [0, 0.1) is 6.92 Å². The maximum Gasteiger partial charge on any atom is 0.338 e. The number of aromatic carboxylic acids is 1. The molecule has 1 fully saturated rings. The lowest BCUT2D eigenvalue weighted by molar-refractivity contribution is -0.116. The van der Waals surface area contributed by atoms with Crippen molar-refractivity contribution in [1.82, 2.24) is 0 Å². The molecule has 0 aliphatic carbocycles. The number of ether oxygens (including phenoxy) is 1. The van der Waals surface area contributed by atoms with Crippen LogP contribution in [0.1, 0.15) is 41.6 Å². The number of carboxylic acids is 1. The highest BCUT2D eigenvalue weighted by Gasteiger charge is 2.18. The first kappa shape index (κ1) is 14.5. The highest BCUT2D eigenvalue weighted by molar-refractivity contribution is 6.01. The Kier molecular flexibility index (Phi) is 4.74. The average molecular weight is 277 g/mol. The van der Waals surface area contributed by atoms with Crippen molar-refractivity contribution >= 4 is 17.6 Å². The first-order valence-electron chi connectivity index (χ1n) is 6.82. The fourth-order valence-electron chi connectivity index (χ4n) is 2.43. The highest BCUT2D eigenvalue weighted by atomic mass is 16.5. The minimum absolute atomic E-state index is 0.151. The molecule has 108 valence electrons. The van der Waals surface area contributed by atoms with Gasteiger partial charge in [-0.05, 0) is 37.8 Å². The van der Waals surface area contributed by atoms with Crippen molar-refractivity contribution in [2.24, 2.45) is 0 Å². The second-order valence-electron chi connectivity index (χ2n) is 5.02. The van der Waals surface area contributed by atoms with Gasteiger partial charge in [-0.3, -0.25) is 4.79 Å². The molecule has 1 aliphatic rings. The van der Waals surface area contributed by atoms with Gasteiger partial charge >= 0.3 is 5.97 Å². The third-order valence-corrected chi connectivity index (χ3v) is 3.48. The number of aryl methyl sites for hydroxylation is 1. The Labute approximate surface area is 117 Å². The monoisotopic (exact) mass is 277 g/mol. The molecule has 1 amide bonds. The topological polar surface area (TPSA) is 75.6 Å². The van der Waals surface area contributed by atoms with Crippen molar-refractivity contribution in [2.75, 3.05) is 11.9 Å². The molecule has 5 nitrogen and oxygen atoms in total. The van der Waals surface area contributed by atoms with Crippen LogP contribution in [0.25, 0.3) is 0 Å². The molecule has 1 saturated heterocycles. The Morgan fingerprint density at radius 1 is 1.45 bits per heavy atom. The average Bonchev–Trinajstić information content (AvgIpc) is 2.89. The molecule has 1 aromatic carbocycles. The van der Waals surface area contributed by atoms with Crippen molar-refractivity contribution in [3.63, 3.8) is 0 Å². The van der Waals surface area contributed by atoms with E-state index in [2.05, 4.69) is 5.32 Å². The van der Waals surface area contributed by atoms with Crippen molar-refractivity contribution < 1.29 is 19.4 Å². The van der Waals surface area contributed by atoms with Crippen molar-refractivity contribution in [3.8, 4) is 0 Å². The van der Waals surface area contributed by atoms with Crippen molar-refractivity contribution in [2.45, 2.75) is 38.7 Å². The fraction of sp³-hybridized carbons (Fsp3) is 0.467. The zero-order valence-corrected chi connectivity index (χ0v) is 11.5. The van der Waals surface area contributed by atoms with E-state index < -0.39 is 5.97 Å². The number of hydrogen-bond acceptors (Lipinski definition) is 3. The molecule has 5 heteroatoms. The van der Waals surface area contributed by atoms with E-state index in [1.165, 1.54) is 0 Å². The standard InChI is InChI=1S/C15H19NO4/c1-10-4-2-6-12(14(10)15(18)19)16-13(17)8-7-11-5-3-9-20-11/h2,4,6,11H,3,5,7-9H2,1H3,(H,16,17)(H,18,19). The van der Waals surface area contributed by atoms with Crippen molar-refractivity contribution in [1.29, 1.82) is 0 Å². The van der Waals surface area contributed by atoms with Gasteiger partial charge in [0.25, 0.3) is 0 Å². The third kappa shape index (κ3) is 3.57. The van der Waals surface area contributed by atoms with Gasteiger partial charge in [0.1, 0.15) is 0 Å². The molecule has 2 rings (SSSR count). The molecule has 20 heavy (non-hydrogen) atoms. The fourth-order valence-corrected chi connectivity index (χ4v) is 2.43. The summed E-state index contributed by atoms with van der Waals surface area (Å²) in [5, 5.41) is 11.9. The van der Waals surface area contributed by atoms with E-state index in [-0.39, 0.29) is 17.6 Å². The van der Waals surface area contributed by atoms with E-state index in [4.69, 9.17) is 4.74 Å². The predicted octanol–water partition coefficient (Wildman–Crippen LogP) is 2.59. The largest absolute Gasteiger partial charge is 0.478 e. The molecule has 0 saturated carbocycles. The molecular formula is C15H19NO4. The second kappa shape index (κ2) is 6.52. The molecule has 0 spiro atoms. The van der Waals surface area contributed by atoms with Gasteiger partial charge in [0.2, 0.25) is 5.91 Å². The summed E-state index contributed by atoms with van der Waals surface area (Å²) in [5.74, 6) is -1.20. The summed E-state index contributed by atoms with van der Waals surface area (Å²) in [6.45, 7) is 2.48. The lowest BCUT2D eigenvalue weighted by Crippen LogP contribution is -2.17. The Morgan fingerprint density at radius 3 is 2.90 bits per heavy atom. The normalized spacial score (nSPS) is 17.9. The summed E-state index contributed by atoms with van der Waals surface area (Å²) in [6.07, 6.45) is 3.24. The van der Waals surface area contributed by atoms with Gasteiger partial charge in [0.15, 0.2) is 0 Å². The summed E-state index contributed by atoms with van der Waals surface area (Å²) in [7, 11) is 0. The first-order chi connectivity index (χ1) is 9.58. The first-order valence-corrected chi connectivity index (χ1v) is 6.82. The van der Waals surface area contributed by atoms with E-state index in [1.807, 2.05) is 0 Å². The highest BCUT2D eigenvalue weighted by Crippen LogP contribution is 2.21. The number of benzene rings is 1. The molecular weight excluding hydrogens is 258 g/mol. The molecule has 1 aromatic rings. The Balaban J connectivity index is 1.96. The van der Waals surface area contributed by atoms with Crippen LogP contribution in [-0.2, 0) is 9.53 Å². The quantitative estimate of drug-likeness (QED) is 0.867. The molecule has 1 unspecified atom stereocenters. The number of nitrogens with one attached hydrogen (secondary N) is 1. The van der Waals surface area contributed by atoms with Gasteiger partial charge in [-0.2, -0.15) is 0 Å². The summed E-state index contributed by atoms with van der Waals surface area (Å²) < 4.78 is 5.46. The number of amides is 1. The molecule has 1 heterocycles. The predicted molar refractivity (Wildman–Crippen MR) is 75.0 cm³/mol. The van der Waals surface area contributed by atoms with Gasteiger partial charge in [0, 0.05) is 13.0 Å². The van der Waals surface area contributed by atoms with Crippen molar-refractivity contribution in [3.05, 3.63) is 29.3 Å². The molecule has 1 atom stereocenters. The number of rotatable bonds is 5. The van der Waals surface area contributed by atoms with Gasteiger partial charge < -0.3 is 15.2 Å². The minimum Gasteiger partial charge on any atom is -0.478 e. The maximum atomic E-state index is 11.9. The maximum absolute atomic E-state index is 11.9. The van der Waals surface area contributed by atoms with Gasteiger partial charge in [-0.15, -0.1) is 0 Å². The van der Waals surface area contributed by atoms with Crippen LogP contribution in [0.4, 0.5) is 5.69 Å². The van der Waals surface area contributed by atoms with Crippen LogP contribution in [0.15, 0.2) is 18.2 Å². The van der Waals surface area contributed by atoms with Gasteiger partial charge in [0.05, 0.1) is 17.4 Å². The Bertz CT molecular complexity index is 507. The van der Waals surface area contributed by atoms with E-state index >= 15 is 0 Å². The third-order valence-electron chi connectivity index (χ3n) is 3.48. The van der Waals surface area contributed by atoms with Gasteiger partial charge in [-0.25, -0.2) is 4.79 Å². The van der Waals surface area contributed by atoms with Crippen LogP contribution >= 0.6 is 0 Å². The lowest BCUT2D eigenvalue weighted by atomic mass is 10.1. The molecule has 0 aromatic heterocycles.